The predicted octanol–water partition coefficient (Wildman–Crippen LogP) is 3.18. The van der Waals surface area contributed by atoms with Gasteiger partial charge in [0.2, 0.25) is 10.0 Å². The van der Waals surface area contributed by atoms with Crippen LogP contribution < -0.4 is 9.54 Å². The molecule has 0 radical (unpaired) electrons. The lowest BCUT2D eigenvalue weighted by Crippen LogP contribution is -2.40. The molecule has 2 heterocycles. The SMILES string of the molecule is COc1ccc2c(c1)sc(=NC(=O)C1CCCN1S(=O)(=O)c1ccc(Cl)cc1)n2C. The molecule has 4 rings (SSSR count). The first-order valence-electron chi connectivity index (χ1n) is 9.31. The average Bonchev–Trinajstić information content (AvgIpc) is 3.34. The van der Waals surface area contributed by atoms with Gasteiger partial charge in [-0.25, -0.2) is 8.42 Å². The van der Waals surface area contributed by atoms with Gasteiger partial charge in [-0.15, -0.1) is 0 Å². The molecule has 1 unspecified atom stereocenters. The van der Waals surface area contributed by atoms with E-state index in [1.807, 2.05) is 29.8 Å². The van der Waals surface area contributed by atoms with Gasteiger partial charge in [-0.2, -0.15) is 9.30 Å². The van der Waals surface area contributed by atoms with Crippen molar-refractivity contribution in [2.24, 2.45) is 12.0 Å². The highest BCUT2D eigenvalue weighted by Crippen LogP contribution is 2.28. The molecule has 1 atom stereocenters. The maximum Gasteiger partial charge on any atom is 0.266 e. The van der Waals surface area contributed by atoms with Crippen molar-refractivity contribution < 1.29 is 17.9 Å². The molecule has 1 fully saturated rings. The van der Waals surface area contributed by atoms with Gasteiger partial charge in [0.15, 0.2) is 4.80 Å². The lowest BCUT2D eigenvalue weighted by Gasteiger charge is -2.21. The Morgan fingerprint density at radius 2 is 1.97 bits per heavy atom. The van der Waals surface area contributed by atoms with Crippen LogP contribution in [0.5, 0.6) is 5.75 Å². The zero-order valence-corrected chi connectivity index (χ0v) is 18.8. The lowest BCUT2D eigenvalue weighted by atomic mass is 10.2. The second-order valence-electron chi connectivity index (χ2n) is 6.96. The monoisotopic (exact) mass is 465 g/mol. The molecular formula is C20H20ClN3O4S2. The number of hydrogen-bond acceptors (Lipinski definition) is 5. The average molecular weight is 466 g/mol. The number of sulfonamides is 1. The number of hydrogen-bond donors (Lipinski definition) is 0. The van der Waals surface area contributed by atoms with Crippen LogP contribution in [0, 0.1) is 0 Å². The molecular weight excluding hydrogens is 446 g/mol. The third-order valence-electron chi connectivity index (χ3n) is 5.13. The molecule has 0 aliphatic carbocycles. The number of carbonyl (C=O) groups is 1. The van der Waals surface area contributed by atoms with E-state index in [1.165, 1.54) is 39.9 Å². The van der Waals surface area contributed by atoms with Gasteiger partial charge < -0.3 is 9.30 Å². The number of rotatable bonds is 4. The molecule has 1 aromatic heterocycles. The smallest absolute Gasteiger partial charge is 0.266 e. The van der Waals surface area contributed by atoms with E-state index in [9.17, 15) is 13.2 Å². The van der Waals surface area contributed by atoms with Gasteiger partial charge in [-0.1, -0.05) is 22.9 Å². The van der Waals surface area contributed by atoms with E-state index in [1.54, 1.807) is 7.11 Å². The third-order valence-corrected chi connectivity index (χ3v) is 8.40. The first-order chi connectivity index (χ1) is 14.3. The minimum Gasteiger partial charge on any atom is -0.497 e. The highest BCUT2D eigenvalue weighted by Gasteiger charge is 2.39. The Hall–Kier alpha value is -2.20. The second kappa shape index (κ2) is 8.14. The van der Waals surface area contributed by atoms with Crippen molar-refractivity contribution >= 4 is 49.1 Å². The molecule has 1 aliphatic rings. The fourth-order valence-corrected chi connectivity index (χ4v) is 6.36. The van der Waals surface area contributed by atoms with Gasteiger partial charge in [-0.3, -0.25) is 4.79 Å². The summed E-state index contributed by atoms with van der Waals surface area (Å²) in [6, 6.07) is 10.8. The largest absolute Gasteiger partial charge is 0.497 e. The second-order valence-corrected chi connectivity index (χ2v) is 10.3. The molecule has 158 valence electrons. The molecule has 0 spiro atoms. The van der Waals surface area contributed by atoms with Crippen molar-refractivity contribution in [3.63, 3.8) is 0 Å². The van der Waals surface area contributed by atoms with Crippen LogP contribution in [-0.2, 0) is 21.9 Å². The van der Waals surface area contributed by atoms with E-state index in [4.69, 9.17) is 16.3 Å². The van der Waals surface area contributed by atoms with Crippen LogP contribution in [0.2, 0.25) is 5.02 Å². The van der Waals surface area contributed by atoms with Gasteiger partial charge >= 0.3 is 0 Å². The van der Waals surface area contributed by atoms with E-state index >= 15 is 0 Å². The van der Waals surface area contributed by atoms with Gasteiger partial charge in [0.05, 0.1) is 22.2 Å². The molecule has 0 bridgehead atoms. The standard InChI is InChI=1S/C20H20ClN3O4S2/c1-23-16-10-7-14(28-2)12-18(16)29-20(23)22-19(25)17-4-3-11-24(17)30(26,27)15-8-5-13(21)6-9-15/h5-10,12,17H,3-4,11H2,1-2H3. The molecule has 30 heavy (non-hydrogen) atoms. The van der Waals surface area contributed by atoms with E-state index in [0.717, 1.165) is 16.0 Å². The van der Waals surface area contributed by atoms with Crippen LogP contribution in [0.1, 0.15) is 12.8 Å². The van der Waals surface area contributed by atoms with Gasteiger partial charge in [-0.05, 0) is 55.3 Å². The van der Waals surface area contributed by atoms with Gasteiger partial charge in [0.25, 0.3) is 5.91 Å². The Bertz CT molecular complexity index is 1280. The fraction of sp³-hybridized carbons (Fsp3) is 0.300. The van der Waals surface area contributed by atoms with Gasteiger partial charge in [0, 0.05) is 18.6 Å². The number of thiazole rings is 1. The number of methoxy groups -OCH3 is 1. The number of amides is 1. The van der Waals surface area contributed by atoms with Crippen molar-refractivity contribution in [3.8, 4) is 5.75 Å². The zero-order chi connectivity index (χ0) is 21.5. The van der Waals surface area contributed by atoms with Crippen LogP contribution in [0.3, 0.4) is 0 Å². The Balaban J connectivity index is 1.68. The molecule has 1 aliphatic heterocycles. The zero-order valence-electron chi connectivity index (χ0n) is 16.4. The summed E-state index contributed by atoms with van der Waals surface area (Å²) in [5.74, 6) is 0.261. The molecule has 10 heteroatoms. The molecule has 7 nitrogen and oxygen atoms in total. The van der Waals surface area contributed by atoms with E-state index in [-0.39, 0.29) is 11.4 Å². The summed E-state index contributed by atoms with van der Waals surface area (Å²) in [6.07, 6.45) is 1.05. The summed E-state index contributed by atoms with van der Waals surface area (Å²) >= 11 is 7.23. The summed E-state index contributed by atoms with van der Waals surface area (Å²) in [7, 11) is -0.387. The topological polar surface area (TPSA) is 81.0 Å². The summed E-state index contributed by atoms with van der Waals surface area (Å²) in [5, 5.41) is 0.451. The Morgan fingerprint density at radius 3 is 2.67 bits per heavy atom. The number of nitrogens with zero attached hydrogens (tertiary/aromatic N) is 3. The number of fused-ring (bicyclic) bond motifs is 1. The first kappa shape index (κ1) is 21.0. The molecule has 1 amide bonds. The summed E-state index contributed by atoms with van der Waals surface area (Å²) in [5.41, 5.74) is 0.921. The molecule has 0 N–H and O–H groups in total. The van der Waals surface area contributed by atoms with Gasteiger partial charge in [0.1, 0.15) is 11.8 Å². The van der Waals surface area contributed by atoms with Crippen molar-refractivity contribution in [1.29, 1.82) is 0 Å². The van der Waals surface area contributed by atoms with Crippen LogP contribution in [0.25, 0.3) is 10.2 Å². The first-order valence-corrected chi connectivity index (χ1v) is 11.9. The Labute approximate surface area is 183 Å². The number of ether oxygens (including phenoxy) is 1. The van der Waals surface area contributed by atoms with Crippen LogP contribution in [-0.4, -0.2) is 42.9 Å². The van der Waals surface area contributed by atoms with Crippen molar-refractivity contribution in [1.82, 2.24) is 8.87 Å². The third kappa shape index (κ3) is 3.78. The maximum atomic E-state index is 13.1. The van der Waals surface area contributed by atoms with Crippen LogP contribution in [0.4, 0.5) is 0 Å². The van der Waals surface area contributed by atoms with Crippen molar-refractivity contribution in [3.05, 3.63) is 52.3 Å². The minimum atomic E-state index is -3.81. The fourth-order valence-electron chi connectivity index (χ4n) is 3.53. The summed E-state index contributed by atoms with van der Waals surface area (Å²) in [6.45, 7) is 0.284. The predicted molar refractivity (Wildman–Crippen MR) is 116 cm³/mol. The summed E-state index contributed by atoms with van der Waals surface area (Å²) < 4.78 is 35.4. The number of halogens is 1. The molecule has 2 aromatic carbocycles. The number of benzene rings is 2. The number of aromatic nitrogens is 1. The van der Waals surface area contributed by atoms with E-state index in [0.29, 0.717) is 22.7 Å². The van der Waals surface area contributed by atoms with Crippen LogP contribution >= 0.6 is 22.9 Å². The van der Waals surface area contributed by atoms with Crippen LogP contribution in [0.15, 0.2) is 52.4 Å². The quantitative estimate of drug-likeness (QED) is 0.592. The highest BCUT2D eigenvalue weighted by atomic mass is 35.5. The number of carbonyl (C=O) groups excluding carboxylic acids is 1. The van der Waals surface area contributed by atoms with Crippen molar-refractivity contribution in [2.75, 3.05) is 13.7 Å². The maximum absolute atomic E-state index is 13.1. The Morgan fingerprint density at radius 1 is 1.23 bits per heavy atom. The summed E-state index contributed by atoms with van der Waals surface area (Å²) in [4.78, 5) is 17.9. The number of aryl methyl sites for hydroxylation is 1. The molecule has 0 saturated carbocycles. The molecule has 3 aromatic rings. The normalized spacial score (nSPS) is 18.2. The van der Waals surface area contributed by atoms with E-state index < -0.39 is 22.0 Å². The molecule has 1 saturated heterocycles. The van der Waals surface area contributed by atoms with Crippen molar-refractivity contribution in [2.45, 2.75) is 23.8 Å². The van der Waals surface area contributed by atoms with E-state index in [2.05, 4.69) is 4.99 Å². The minimum absolute atomic E-state index is 0.117. The highest BCUT2D eigenvalue weighted by molar-refractivity contribution is 7.89. The Kier molecular flexibility index (Phi) is 5.71. The lowest BCUT2D eigenvalue weighted by molar-refractivity contribution is -0.121.